The van der Waals surface area contributed by atoms with Crippen LogP contribution >= 0.6 is 0 Å². The van der Waals surface area contributed by atoms with Gasteiger partial charge in [-0.15, -0.1) is 0 Å². The standard InChI is InChI=1S/2C19H28O4/c2*1-18-8-7-12(20)9-11(18)3-4-13-14-5-6-16(22)23-19(14,2)10-15(21)17(13)18/h2*3,12-15,17,20-21H,4-10H2,1-2H3/t2*12-,13-,14-,15+,17+,18-,19-/m00/s1. The number of aliphatic hydroxyl groups is 4. The zero-order chi connectivity index (χ0) is 32.8. The highest BCUT2D eigenvalue weighted by Crippen LogP contribution is 2.63. The zero-order valence-corrected chi connectivity index (χ0v) is 28.2. The molecule has 256 valence electrons. The van der Waals surface area contributed by atoms with E-state index in [1.54, 1.807) is 0 Å². The molecule has 2 saturated heterocycles. The van der Waals surface area contributed by atoms with E-state index in [1.165, 1.54) is 11.1 Å². The van der Waals surface area contributed by atoms with Crippen LogP contribution in [0.5, 0.6) is 0 Å². The fourth-order valence-corrected chi connectivity index (χ4v) is 12.6. The van der Waals surface area contributed by atoms with Crippen LogP contribution in [0.4, 0.5) is 0 Å². The van der Waals surface area contributed by atoms with Crippen LogP contribution in [0.2, 0.25) is 0 Å². The molecule has 8 aliphatic rings. The van der Waals surface area contributed by atoms with Crippen LogP contribution in [0, 0.1) is 46.3 Å². The Morgan fingerprint density at radius 2 is 1.02 bits per heavy atom. The SMILES string of the molecule is C[C@]12CC[C@H](O)CC1=CC[C@@H]1[C@@H]2[C@H](O)C[C@]2(C)OC(=O)CC[C@@H]12.C[C@]12CC[C@H](O)CC1=CC[C@@H]1[C@@H]2[C@H](O)C[C@]2(C)OC(=O)CC[C@@H]12. The van der Waals surface area contributed by atoms with E-state index in [1.807, 2.05) is 13.8 Å². The minimum atomic E-state index is -0.508. The second-order valence-corrected chi connectivity index (χ2v) is 17.3. The van der Waals surface area contributed by atoms with Crippen molar-refractivity contribution in [2.45, 2.75) is 153 Å². The molecule has 0 aromatic carbocycles. The Labute approximate surface area is 274 Å². The number of carbonyl (C=O) groups excluding carboxylic acids is 2. The Kier molecular flexibility index (Phi) is 8.14. The molecule has 46 heavy (non-hydrogen) atoms. The number of hydrogen-bond donors (Lipinski definition) is 4. The van der Waals surface area contributed by atoms with Gasteiger partial charge in [-0.25, -0.2) is 0 Å². The van der Waals surface area contributed by atoms with E-state index in [4.69, 9.17) is 9.47 Å². The first-order valence-electron chi connectivity index (χ1n) is 18.2. The van der Waals surface area contributed by atoms with Crippen molar-refractivity contribution in [3.8, 4) is 0 Å². The summed E-state index contributed by atoms with van der Waals surface area (Å²) in [6, 6.07) is 0. The van der Waals surface area contributed by atoms with Crippen LogP contribution in [0.1, 0.15) is 118 Å². The molecule has 2 aliphatic heterocycles. The van der Waals surface area contributed by atoms with Gasteiger partial charge in [-0.1, -0.05) is 37.1 Å². The van der Waals surface area contributed by atoms with Gasteiger partial charge in [0.25, 0.3) is 0 Å². The molecule has 0 radical (unpaired) electrons. The molecule has 6 aliphatic carbocycles. The number of fused-ring (bicyclic) bond motifs is 10. The van der Waals surface area contributed by atoms with E-state index in [-0.39, 0.29) is 46.8 Å². The zero-order valence-electron chi connectivity index (χ0n) is 28.2. The van der Waals surface area contributed by atoms with Crippen LogP contribution in [0.15, 0.2) is 23.3 Å². The Bertz CT molecular complexity index is 1210. The summed E-state index contributed by atoms with van der Waals surface area (Å²) < 4.78 is 11.4. The molecule has 0 amide bonds. The summed E-state index contributed by atoms with van der Waals surface area (Å²) in [6.45, 7) is 8.59. The van der Waals surface area contributed by atoms with E-state index < -0.39 is 23.4 Å². The molecule has 4 saturated carbocycles. The summed E-state index contributed by atoms with van der Waals surface area (Å²) in [4.78, 5) is 23.5. The fourth-order valence-electron chi connectivity index (χ4n) is 12.6. The number of hydrogen-bond acceptors (Lipinski definition) is 8. The largest absolute Gasteiger partial charge is 0.459 e. The molecular weight excluding hydrogens is 584 g/mol. The molecule has 0 aromatic rings. The molecule has 0 aromatic heterocycles. The molecule has 4 N–H and O–H groups in total. The molecule has 6 fully saturated rings. The normalized spacial score (nSPS) is 52.6. The minimum Gasteiger partial charge on any atom is -0.459 e. The number of aliphatic hydroxyl groups excluding tert-OH is 4. The molecule has 0 bridgehead atoms. The summed E-state index contributed by atoms with van der Waals surface area (Å²) in [5.74, 6) is 1.66. The van der Waals surface area contributed by atoms with Crippen molar-refractivity contribution in [2.24, 2.45) is 46.3 Å². The van der Waals surface area contributed by atoms with Crippen molar-refractivity contribution >= 4 is 11.9 Å². The van der Waals surface area contributed by atoms with E-state index >= 15 is 0 Å². The number of ether oxygens (including phenoxy) is 2. The summed E-state index contributed by atoms with van der Waals surface area (Å²) in [5, 5.41) is 42.0. The molecule has 0 unspecified atom stereocenters. The number of carbonyl (C=O) groups is 2. The van der Waals surface area contributed by atoms with Crippen LogP contribution in [0.25, 0.3) is 0 Å². The Morgan fingerprint density at radius 3 is 1.41 bits per heavy atom. The van der Waals surface area contributed by atoms with Gasteiger partial charge >= 0.3 is 11.9 Å². The number of rotatable bonds is 0. The lowest BCUT2D eigenvalue weighted by atomic mass is 9.48. The van der Waals surface area contributed by atoms with Crippen LogP contribution in [0.3, 0.4) is 0 Å². The second kappa shape index (κ2) is 11.4. The van der Waals surface area contributed by atoms with E-state index in [0.29, 0.717) is 49.4 Å². The van der Waals surface area contributed by atoms with E-state index in [2.05, 4.69) is 26.0 Å². The van der Waals surface area contributed by atoms with Crippen LogP contribution in [-0.4, -0.2) is 68.0 Å². The smallest absolute Gasteiger partial charge is 0.306 e. The Hall–Kier alpha value is -1.74. The lowest BCUT2D eigenvalue weighted by Gasteiger charge is -2.60. The third kappa shape index (κ3) is 5.14. The van der Waals surface area contributed by atoms with E-state index in [0.717, 1.165) is 64.2 Å². The topological polar surface area (TPSA) is 134 Å². The van der Waals surface area contributed by atoms with Gasteiger partial charge in [0.2, 0.25) is 0 Å². The summed E-state index contributed by atoms with van der Waals surface area (Å²) in [6.07, 6.45) is 14.1. The third-order valence-corrected chi connectivity index (χ3v) is 14.7. The molecule has 8 nitrogen and oxygen atoms in total. The van der Waals surface area contributed by atoms with Gasteiger partial charge < -0.3 is 29.9 Å². The van der Waals surface area contributed by atoms with Crippen molar-refractivity contribution in [1.82, 2.24) is 0 Å². The predicted molar refractivity (Wildman–Crippen MR) is 171 cm³/mol. The maximum atomic E-state index is 11.8. The first-order valence-corrected chi connectivity index (χ1v) is 18.2. The highest BCUT2D eigenvalue weighted by atomic mass is 16.6. The first kappa shape index (κ1) is 32.8. The molecule has 8 rings (SSSR count). The van der Waals surface area contributed by atoms with Crippen LogP contribution < -0.4 is 0 Å². The Morgan fingerprint density at radius 1 is 0.630 bits per heavy atom. The van der Waals surface area contributed by atoms with Crippen molar-refractivity contribution in [3.05, 3.63) is 23.3 Å². The molecular formula is C38H56O8. The van der Waals surface area contributed by atoms with Gasteiger partial charge in [0.05, 0.1) is 24.4 Å². The number of esters is 2. The maximum absolute atomic E-state index is 11.8. The highest BCUT2D eigenvalue weighted by Gasteiger charge is 2.62. The van der Waals surface area contributed by atoms with Gasteiger partial charge in [-0.3, -0.25) is 9.59 Å². The third-order valence-electron chi connectivity index (χ3n) is 14.7. The van der Waals surface area contributed by atoms with Gasteiger partial charge in [0, 0.05) is 37.5 Å². The molecule has 2 heterocycles. The monoisotopic (exact) mass is 640 g/mol. The lowest BCUT2D eigenvalue weighted by molar-refractivity contribution is -0.211. The van der Waals surface area contributed by atoms with Crippen molar-refractivity contribution in [1.29, 1.82) is 0 Å². The van der Waals surface area contributed by atoms with Crippen molar-refractivity contribution in [2.75, 3.05) is 0 Å². The minimum absolute atomic E-state index is 0.00957. The van der Waals surface area contributed by atoms with Crippen molar-refractivity contribution in [3.63, 3.8) is 0 Å². The Balaban J connectivity index is 0.000000147. The first-order chi connectivity index (χ1) is 21.7. The number of allylic oxidation sites excluding steroid dienone is 2. The van der Waals surface area contributed by atoms with Crippen molar-refractivity contribution < 1.29 is 39.5 Å². The second-order valence-electron chi connectivity index (χ2n) is 17.3. The lowest BCUT2D eigenvalue weighted by Crippen LogP contribution is -2.61. The maximum Gasteiger partial charge on any atom is 0.306 e. The molecule has 8 heteroatoms. The van der Waals surface area contributed by atoms with E-state index in [9.17, 15) is 30.0 Å². The van der Waals surface area contributed by atoms with Gasteiger partial charge in [-0.2, -0.15) is 0 Å². The fraction of sp³-hybridized carbons (Fsp3) is 0.842. The van der Waals surface area contributed by atoms with Gasteiger partial charge in [0.15, 0.2) is 0 Å². The molecule has 0 spiro atoms. The average molecular weight is 641 g/mol. The van der Waals surface area contributed by atoms with Gasteiger partial charge in [0.1, 0.15) is 11.2 Å². The predicted octanol–water partition coefficient (Wildman–Crippen LogP) is 5.15. The van der Waals surface area contributed by atoms with Crippen LogP contribution in [-0.2, 0) is 19.1 Å². The average Bonchev–Trinajstić information content (AvgIpc) is 2.96. The quantitative estimate of drug-likeness (QED) is 0.211. The highest BCUT2D eigenvalue weighted by molar-refractivity contribution is 5.71. The van der Waals surface area contributed by atoms with Gasteiger partial charge in [-0.05, 0) is 113 Å². The summed E-state index contributed by atoms with van der Waals surface area (Å²) in [5.41, 5.74) is 1.65. The molecule has 14 atom stereocenters. The summed E-state index contributed by atoms with van der Waals surface area (Å²) >= 11 is 0. The summed E-state index contributed by atoms with van der Waals surface area (Å²) in [7, 11) is 0.